The molecule has 1 spiro atoms. The van der Waals surface area contributed by atoms with E-state index in [2.05, 4.69) is 53.2 Å². The topological polar surface area (TPSA) is 27.7 Å². The van der Waals surface area contributed by atoms with Crippen LogP contribution in [0.3, 0.4) is 0 Å². The second-order valence-corrected chi connectivity index (χ2v) is 10.0. The zero-order chi connectivity index (χ0) is 19.1. The summed E-state index contributed by atoms with van der Waals surface area (Å²) in [4.78, 5) is 5.60. The molecule has 1 unspecified atom stereocenters. The van der Waals surface area contributed by atoms with Crippen LogP contribution >= 0.6 is 0 Å². The first-order chi connectivity index (χ1) is 13.7. The molecule has 4 nitrogen and oxygen atoms in total. The Balaban J connectivity index is 1.38. The second kappa shape index (κ2) is 7.71. The molecule has 4 fully saturated rings. The number of benzene rings is 1. The molecular weight excluding hydrogens is 346 g/mol. The highest BCUT2D eigenvalue weighted by Crippen LogP contribution is 2.52. The molecule has 3 saturated heterocycles. The molecule has 3 aliphatic heterocycles. The molecule has 154 valence electrons. The van der Waals surface area contributed by atoms with E-state index in [1.165, 1.54) is 58.4 Å². The zero-order valence-corrected chi connectivity index (χ0v) is 17.7. The van der Waals surface area contributed by atoms with Crippen molar-refractivity contribution in [1.29, 1.82) is 0 Å². The molecule has 1 aromatic carbocycles. The molecule has 1 saturated carbocycles. The number of piperazine rings is 1. The SMILES string of the molecule is CC(C)c1ccccc1C1CN(C2COC2)CCN1C1CC2(CCNCC2)C1. The fourth-order valence-corrected chi connectivity index (χ4v) is 6.18. The van der Waals surface area contributed by atoms with Crippen molar-refractivity contribution in [1.82, 2.24) is 15.1 Å². The smallest absolute Gasteiger partial charge is 0.0645 e. The quantitative estimate of drug-likeness (QED) is 0.862. The van der Waals surface area contributed by atoms with Crippen LogP contribution in [0.1, 0.15) is 62.6 Å². The third kappa shape index (κ3) is 3.43. The van der Waals surface area contributed by atoms with E-state index in [-0.39, 0.29) is 0 Å². The predicted octanol–water partition coefficient (Wildman–Crippen LogP) is 3.40. The van der Waals surface area contributed by atoms with Crippen molar-refractivity contribution in [2.75, 3.05) is 45.9 Å². The lowest BCUT2D eigenvalue weighted by atomic mass is 9.60. The van der Waals surface area contributed by atoms with Crippen molar-refractivity contribution in [3.63, 3.8) is 0 Å². The standard InChI is InChI=1S/C24H37N3O/c1-18(2)21-5-3-4-6-22(21)23-15-26(20-16-28-17-20)11-12-27(23)19-13-24(14-19)7-9-25-10-8-24/h3-6,18-20,23,25H,7-17H2,1-2H3. The maximum absolute atomic E-state index is 5.51. The van der Waals surface area contributed by atoms with E-state index in [1.54, 1.807) is 11.1 Å². The molecule has 1 atom stereocenters. The Morgan fingerprint density at radius 1 is 1.04 bits per heavy atom. The van der Waals surface area contributed by atoms with E-state index in [9.17, 15) is 0 Å². The molecule has 0 bridgehead atoms. The molecular formula is C24H37N3O. The summed E-state index contributed by atoms with van der Waals surface area (Å²) in [5, 5.41) is 3.56. The minimum Gasteiger partial charge on any atom is -0.378 e. The van der Waals surface area contributed by atoms with Gasteiger partial charge in [-0.25, -0.2) is 0 Å². The van der Waals surface area contributed by atoms with E-state index in [4.69, 9.17) is 4.74 Å². The minimum absolute atomic E-state index is 0.539. The zero-order valence-electron chi connectivity index (χ0n) is 17.7. The van der Waals surface area contributed by atoms with Crippen LogP contribution in [0.5, 0.6) is 0 Å². The fourth-order valence-electron chi connectivity index (χ4n) is 6.18. The van der Waals surface area contributed by atoms with Crippen LogP contribution in [0.15, 0.2) is 24.3 Å². The summed E-state index contributed by atoms with van der Waals surface area (Å²) in [6, 6.07) is 11.2. The highest BCUT2D eigenvalue weighted by atomic mass is 16.5. The third-order valence-electron chi connectivity index (χ3n) is 8.04. The van der Waals surface area contributed by atoms with E-state index in [0.717, 1.165) is 19.3 Å². The van der Waals surface area contributed by atoms with Gasteiger partial charge >= 0.3 is 0 Å². The van der Waals surface area contributed by atoms with Gasteiger partial charge in [0.1, 0.15) is 0 Å². The number of rotatable bonds is 4. The summed E-state index contributed by atoms with van der Waals surface area (Å²) in [6.07, 6.45) is 5.61. The first-order valence-electron chi connectivity index (χ1n) is 11.5. The fraction of sp³-hybridized carbons (Fsp3) is 0.750. The van der Waals surface area contributed by atoms with Crippen LogP contribution in [0.4, 0.5) is 0 Å². The van der Waals surface area contributed by atoms with Gasteiger partial charge in [-0.3, -0.25) is 9.80 Å². The Morgan fingerprint density at radius 2 is 1.79 bits per heavy atom. The van der Waals surface area contributed by atoms with Crippen LogP contribution in [0, 0.1) is 5.41 Å². The van der Waals surface area contributed by atoms with Gasteiger partial charge in [0.05, 0.1) is 19.3 Å². The summed E-state index contributed by atoms with van der Waals surface area (Å²) < 4.78 is 5.51. The van der Waals surface area contributed by atoms with Gasteiger partial charge in [0.15, 0.2) is 0 Å². The summed E-state index contributed by atoms with van der Waals surface area (Å²) >= 11 is 0. The molecule has 4 aliphatic rings. The van der Waals surface area contributed by atoms with Gasteiger partial charge in [0.25, 0.3) is 0 Å². The molecule has 1 aliphatic carbocycles. The van der Waals surface area contributed by atoms with E-state index < -0.39 is 0 Å². The summed E-state index contributed by atoms with van der Waals surface area (Å²) in [7, 11) is 0. The van der Waals surface area contributed by atoms with E-state index in [1.807, 2.05) is 0 Å². The maximum Gasteiger partial charge on any atom is 0.0645 e. The van der Waals surface area contributed by atoms with Crippen molar-refractivity contribution < 1.29 is 4.74 Å². The number of piperidine rings is 1. The predicted molar refractivity (Wildman–Crippen MR) is 114 cm³/mol. The van der Waals surface area contributed by atoms with Gasteiger partial charge in [-0.15, -0.1) is 0 Å². The monoisotopic (exact) mass is 383 g/mol. The molecule has 0 amide bonds. The highest BCUT2D eigenvalue weighted by Gasteiger charge is 2.49. The molecule has 0 radical (unpaired) electrons. The third-order valence-corrected chi connectivity index (χ3v) is 8.04. The van der Waals surface area contributed by atoms with Crippen molar-refractivity contribution in [3.8, 4) is 0 Å². The molecule has 1 N–H and O–H groups in total. The first-order valence-corrected chi connectivity index (χ1v) is 11.5. The Morgan fingerprint density at radius 3 is 2.46 bits per heavy atom. The van der Waals surface area contributed by atoms with E-state index >= 15 is 0 Å². The van der Waals surface area contributed by atoms with Crippen molar-refractivity contribution in [2.45, 2.75) is 63.6 Å². The second-order valence-electron chi connectivity index (χ2n) is 10.0. The van der Waals surface area contributed by atoms with Crippen molar-refractivity contribution >= 4 is 0 Å². The number of ether oxygens (including phenoxy) is 1. The highest BCUT2D eigenvalue weighted by molar-refractivity contribution is 5.33. The lowest BCUT2D eigenvalue weighted by Crippen LogP contribution is -2.62. The Kier molecular flexibility index (Phi) is 5.25. The molecule has 28 heavy (non-hydrogen) atoms. The Hall–Kier alpha value is -0.940. The minimum atomic E-state index is 0.539. The molecule has 3 heterocycles. The normalized spacial score (nSPS) is 29.8. The van der Waals surface area contributed by atoms with E-state index in [0.29, 0.717) is 23.4 Å². The van der Waals surface area contributed by atoms with Crippen LogP contribution in [-0.2, 0) is 4.74 Å². The van der Waals surface area contributed by atoms with Gasteiger partial charge < -0.3 is 10.1 Å². The molecule has 4 heteroatoms. The lowest BCUT2D eigenvalue weighted by molar-refractivity contribution is -0.111. The van der Waals surface area contributed by atoms with Crippen molar-refractivity contribution in [2.24, 2.45) is 5.41 Å². The molecule has 1 aromatic rings. The van der Waals surface area contributed by atoms with Gasteiger partial charge in [-0.2, -0.15) is 0 Å². The van der Waals surface area contributed by atoms with Crippen LogP contribution in [0.25, 0.3) is 0 Å². The maximum atomic E-state index is 5.51. The number of hydrogen-bond acceptors (Lipinski definition) is 4. The van der Waals surface area contributed by atoms with Crippen molar-refractivity contribution in [3.05, 3.63) is 35.4 Å². The summed E-state index contributed by atoms with van der Waals surface area (Å²) in [5.74, 6) is 0.581. The summed E-state index contributed by atoms with van der Waals surface area (Å²) in [6.45, 7) is 12.6. The number of nitrogens with one attached hydrogen (secondary N) is 1. The first kappa shape index (κ1) is 19.0. The lowest BCUT2D eigenvalue weighted by Gasteiger charge is -2.58. The Labute approximate surface area is 170 Å². The molecule has 5 rings (SSSR count). The van der Waals surface area contributed by atoms with Gasteiger partial charge in [-0.1, -0.05) is 38.1 Å². The van der Waals surface area contributed by atoms with Crippen LogP contribution in [-0.4, -0.2) is 67.8 Å². The largest absolute Gasteiger partial charge is 0.378 e. The Bertz CT molecular complexity index is 672. The van der Waals surface area contributed by atoms with Gasteiger partial charge in [-0.05, 0) is 61.2 Å². The van der Waals surface area contributed by atoms with Crippen LogP contribution < -0.4 is 5.32 Å². The van der Waals surface area contributed by atoms with Gasteiger partial charge in [0.2, 0.25) is 0 Å². The average molecular weight is 384 g/mol. The number of hydrogen-bond donors (Lipinski definition) is 1. The average Bonchev–Trinajstić information content (AvgIpc) is 2.65. The van der Waals surface area contributed by atoms with Crippen LogP contribution in [0.2, 0.25) is 0 Å². The summed E-state index contributed by atoms with van der Waals surface area (Å²) in [5.41, 5.74) is 3.77. The molecule has 0 aromatic heterocycles. The van der Waals surface area contributed by atoms with Gasteiger partial charge in [0, 0.05) is 31.7 Å². The number of nitrogens with zero attached hydrogens (tertiary/aromatic N) is 2.